The average Bonchev–Trinajstić information content (AvgIpc) is 2.90. The van der Waals surface area contributed by atoms with Crippen molar-refractivity contribution in [3.8, 4) is 5.75 Å². The van der Waals surface area contributed by atoms with Crippen LogP contribution < -0.4 is 15.8 Å². The molecule has 0 aromatic heterocycles. The van der Waals surface area contributed by atoms with Gasteiger partial charge in [0.2, 0.25) is 5.91 Å². The monoisotopic (exact) mass is 290 g/mol. The van der Waals surface area contributed by atoms with Crippen LogP contribution in [-0.4, -0.2) is 19.1 Å². The molecule has 1 aromatic carbocycles. The third-order valence-electron chi connectivity index (χ3n) is 4.33. The molecule has 1 aliphatic heterocycles. The van der Waals surface area contributed by atoms with Crippen LogP contribution in [0.15, 0.2) is 24.3 Å². The Kier molecular flexibility index (Phi) is 5.23. The molecular weight excluding hydrogens is 264 g/mol. The maximum Gasteiger partial charge on any atom is 0.228 e. The average molecular weight is 290 g/mol. The zero-order valence-electron chi connectivity index (χ0n) is 13.0. The van der Waals surface area contributed by atoms with E-state index in [1.807, 2.05) is 24.3 Å². The highest BCUT2D eigenvalue weighted by Crippen LogP contribution is 2.34. The van der Waals surface area contributed by atoms with Crippen LogP contribution in [0, 0.1) is 5.41 Å². The van der Waals surface area contributed by atoms with Gasteiger partial charge in [-0.3, -0.25) is 4.79 Å². The Labute approximate surface area is 127 Å². The van der Waals surface area contributed by atoms with Crippen LogP contribution in [0.1, 0.15) is 51.1 Å². The van der Waals surface area contributed by atoms with Gasteiger partial charge in [-0.2, -0.15) is 0 Å². The fourth-order valence-electron chi connectivity index (χ4n) is 3.20. The van der Waals surface area contributed by atoms with Crippen molar-refractivity contribution in [2.75, 3.05) is 13.2 Å². The molecule has 116 valence electrons. The Morgan fingerprint density at radius 2 is 2.00 bits per heavy atom. The second-order valence-electron chi connectivity index (χ2n) is 5.86. The van der Waals surface area contributed by atoms with E-state index >= 15 is 0 Å². The number of hydrogen-bond acceptors (Lipinski definition) is 3. The van der Waals surface area contributed by atoms with Crippen LogP contribution in [0.25, 0.3) is 0 Å². The number of nitrogens with two attached hydrogens (primary N) is 1. The summed E-state index contributed by atoms with van der Waals surface area (Å²) in [7, 11) is 0. The van der Waals surface area contributed by atoms with E-state index in [9.17, 15) is 4.79 Å². The summed E-state index contributed by atoms with van der Waals surface area (Å²) < 4.78 is 5.63. The zero-order valence-corrected chi connectivity index (χ0v) is 13.0. The first-order valence-electron chi connectivity index (χ1n) is 7.89. The Morgan fingerprint density at radius 3 is 2.62 bits per heavy atom. The molecule has 0 bridgehead atoms. The predicted octanol–water partition coefficient (Wildman–Crippen LogP) is 2.78. The van der Waals surface area contributed by atoms with Crippen molar-refractivity contribution in [1.29, 1.82) is 0 Å². The van der Waals surface area contributed by atoms with E-state index in [0.29, 0.717) is 13.2 Å². The minimum absolute atomic E-state index is 0.0617. The molecule has 1 aromatic rings. The number of carbonyl (C=O) groups excluding carboxylic acids is 1. The highest BCUT2D eigenvalue weighted by atomic mass is 16.5. The molecule has 0 fully saturated rings. The van der Waals surface area contributed by atoms with Crippen molar-refractivity contribution >= 4 is 5.91 Å². The predicted molar refractivity (Wildman–Crippen MR) is 84.1 cm³/mol. The standard InChI is InChI=1S/C17H26N2O2/c1-3-9-17(12-18,10-4-2)16(20)19-14-11-21-15-8-6-5-7-13(14)15/h5-8,14H,3-4,9-12,18H2,1-2H3,(H,19,20). The minimum atomic E-state index is -0.443. The summed E-state index contributed by atoms with van der Waals surface area (Å²) in [5.74, 6) is 0.936. The molecule has 3 N–H and O–H groups in total. The number of fused-ring (bicyclic) bond motifs is 1. The van der Waals surface area contributed by atoms with Gasteiger partial charge in [-0.05, 0) is 18.9 Å². The summed E-state index contributed by atoms with van der Waals surface area (Å²) in [6, 6.07) is 7.81. The SMILES string of the molecule is CCCC(CN)(CCC)C(=O)NC1COc2ccccc21. The fourth-order valence-corrected chi connectivity index (χ4v) is 3.20. The van der Waals surface area contributed by atoms with E-state index < -0.39 is 5.41 Å². The van der Waals surface area contributed by atoms with E-state index in [2.05, 4.69) is 19.2 Å². The van der Waals surface area contributed by atoms with E-state index in [4.69, 9.17) is 10.5 Å². The van der Waals surface area contributed by atoms with Crippen molar-refractivity contribution in [1.82, 2.24) is 5.32 Å². The molecule has 0 aliphatic carbocycles. The van der Waals surface area contributed by atoms with Crippen molar-refractivity contribution in [2.45, 2.75) is 45.6 Å². The number of hydrogen-bond donors (Lipinski definition) is 2. The molecule has 1 unspecified atom stereocenters. The molecule has 0 spiro atoms. The first-order chi connectivity index (χ1) is 10.2. The maximum atomic E-state index is 12.8. The molecule has 1 amide bonds. The number of carbonyl (C=O) groups is 1. The van der Waals surface area contributed by atoms with E-state index in [1.54, 1.807) is 0 Å². The largest absolute Gasteiger partial charge is 0.491 e. The smallest absolute Gasteiger partial charge is 0.228 e. The van der Waals surface area contributed by atoms with Gasteiger partial charge in [0.25, 0.3) is 0 Å². The normalized spacial score (nSPS) is 17.2. The summed E-state index contributed by atoms with van der Waals surface area (Å²) in [6.45, 7) is 5.10. The number of amides is 1. The van der Waals surface area contributed by atoms with Gasteiger partial charge in [0.15, 0.2) is 0 Å². The van der Waals surface area contributed by atoms with Crippen molar-refractivity contribution in [3.63, 3.8) is 0 Å². The number of ether oxygens (including phenoxy) is 1. The Hall–Kier alpha value is -1.55. The first kappa shape index (κ1) is 15.8. The molecule has 0 radical (unpaired) electrons. The second-order valence-corrected chi connectivity index (χ2v) is 5.86. The Morgan fingerprint density at radius 1 is 1.33 bits per heavy atom. The lowest BCUT2D eigenvalue weighted by Gasteiger charge is -2.32. The molecule has 1 heterocycles. The fraction of sp³-hybridized carbons (Fsp3) is 0.588. The Balaban J connectivity index is 2.13. The lowest BCUT2D eigenvalue weighted by Crippen LogP contribution is -2.47. The highest BCUT2D eigenvalue weighted by molar-refractivity contribution is 5.83. The third-order valence-corrected chi connectivity index (χ3v) is 4.33. The number of benzene rings is 1. The van der Waals surface area contributed by atoms with E-state index in [-0.39, 0.29) is 11.9 Å². The van der Waals surface area contributed by atoms with Crippen molar-refractivity contribution in [2.24, 2.45) is 11.1 Å². The summed E-state index contributed by atoms with van der Waals surface area (Å²) >= 11 is 0. The lowest BCUT2D eigenvalue weighted by atomic mass is 9.78. The third kappa shape index (κ3) is 3.21. The summed E-state index contributed by atoms with van der Waals surface area (Å²) in [4.78, 5) is 12.8. The summed E-state index contributed by atoms with van der Waals surface area (Å²) in [5, 5.41) is 3.15. The highest BCUT2D eigenvalue weighted by Gasteiger charge is 2.37. The van der Waals surface area contributed by atoms with Gasteiger partial charge >= 0.3 is 0 Å². The number of para-hydroxylation sites is 1. The molecule has 4 heteroatoms. The van der Waals surface area contributed by atoms with Crippen LogP contribution in [0.2, 0.25) is 0 Å². The molecule has 0 saturated heterocycles. The molecule has 2 rings (SSSR count). The van der Waals surface area contributed by atoms with Crippen LogP contribution >= 0.6 is 0 Å². The molecule has 4 nitrogen and oxygen atoms in total. The molecule has 1 aliphatic rings. The van der Waals surface area contributed by atoms with Crippen molar-refractivity contribution in [3.05, 3.63) is 29.8 Å². The van der Waals surface area contributed by atoms with Crippen LogP contribution in [0.3, 0.4) is 0 Å². The van der Waals surface area contributed by atoms with Crippen LogP contribution in [-0.2, 0) is 4.79 Å². The number of rotatable bonds is 7. The van der Waals surface area contributed by atoms with Gasteiger partial charge in [-0.1, -0.05) is 44.9 Å². The van der Waals surface area contributed by atoms with Crippen LogP contribution in [0.5, 0.6) is 5.75 Å². The minimum Gasteiger partial charge on any atom is -0.491 e. The summed E-state index contributed by atoms with van der Waals surface area (Å²) in [6.07, 6.45) is 3.58. The van der Waals surface area contributed by atoms with Gasteiger partial charge < -0.3 is 15.8 Å². The zero-order chi connectivity index (χ0) is 15.3. The summed E-state index contributed by atoms with van der Waals surface area (Å²) in [5.41, 5.74) is 6.57. The molecule has 21 heavy (non-hydrogen) atoms. The van der Waals surface area contributed by atoms with Gasteiger partial charge in [0.1, 0.15) is 12.4 Å². The molecule has 1 atom stereocenters. The van der Waals surface area contributed by atoms with E-state index in [0.717, 1.165) is 37.0 Å². The topological polar surface area (TPSA) is 64.4 Å². The van der Waals surface area contributed by atoms with Crippen molar-refractivity contribution < 1.29 is 9.53 Å². The number of nitrogens with one attached hydrogen (secondary N) is 1. The molecular formula is C17H26N2O2. The van der Waals surface area contributed by atoms with E-state index in [1.165, 1.54) is 0 Å². The second kappa shape index (κ2) is 6.94. The maximum absolute atomic E-state index is 12.8. The molecule has 0 saturated carbocycles. The van der Waals surface area contributed by atoms with Gasteiger partial charge in [-0.25, -0.2) is 0 Å². The van der Waals surface area contributed by atoms with Gasteiger partial charge in [0, 0.05) is 12.1 Å². The Bertz CT molecular complexity index is 481. The lowest BCUT2D eigenvalue weighted by molar-refractivity contribution is -0.132. The van der Waals surface area contributed by atoms with Gasteiger partial charge in [-0.15, -0.1) is 0 Å². The van der Waals surface area contributed by atoms with Gasteiger partial charge in [0.05, 0.1) is 11.5 Å². The van der Waals surface area contributed by atoms with Crippen LogP contribution in [0.4, 0.5) is 0 Å². The first-order valence-corrected chi connectivity index (χ1v) is 7.89. The quantitative estimate of drug-likeness (QED) is 0.811.